The Labute approximate surface area is 142 Å². The number of thiazole rings is 1. The highest BCUT2D eigenvalue weighted by Gasteiger charge is 2.17. The molecule has 0 unspecified atom stereocenters. The van der Waals surface area contributed by atoms with E-state index in [-0.39, 0.29) is 17.4 Å². The maximum Gasteiger partial charge on any atom is 0.280 e. The molecule has 0 saturated carbocycles. The fourth-order valence-corrected chi connectivity index (χ4v) is 3.31. The molecule has 0 saturated heterocycles. The number of H-pyrrole nitrogens is 1. The number of rotatable bonds is 2. The summed E-state index contributed by atoms with van der Waals surface area (Å²) in [5.74, 6) is -0.430. The molecule has 120 valence electrons. The first-order valence-corrected chi connectivity index (χ1v) is 8.14. The minimum atomic E-state index is -0.587. The van der Waals surface area contributed by atoms with E-state index in [2.05, 4.69) is 15.1 Å². The molecular formula is C15H9ClN4O3S. The Morgan fingerprint density at radius 3 is 2.92 bits per heavy atom. The molecule has 0 radical (unpaired) electrons. The number of aromatic hydroxyl groups is 1. The number of nitrogens with one attached hydrogen (secondary N) is 1. The average molecular weight is 361 g/mol. The van der Waals surface area contributed by atoms with Gasteiger partial charge in [-0.15, -0.1) is 16.4 Å². The van der Waals surface area contributed by atoms with Crippen molar-refractivity contribution in [1.82, 2.24) is 19.7 Å². The molecule has 0 aliphatic carbocycles. The van der Waals surface area contributed by atoms with Crippen LogP contribution in [0.3, 0.4) is 0 Å². The van der Waals surface area contributed by atoms with Gasteiger partial charge in [0.2, 0.25) is 5.43 Å². The van der Waals surface area contributed by atoms with Crippen molar-refractivity contribution in [1.29, 1.82) is 0 Å². The van der Waals surface area contributed by atoms with Crippen molar-refractivity contribution in [3.63, 3.8) is 0 Å². The molecule has 0 atom stereocenters. The van der Waals surface area contributed by atoms with E-state index in [1.807, 2.05) is 0 Å². The van der Waals surface area contributed by atoms with Gasteiger partial charge in [0.15, 0.2) is 0 Å². The summed E-state index contributed by atoms with van der Waals surface area (Å²) in [4.78, 5) is 32.3. The number of aromatic nitrogens is 4. The van der Waals surface area contributed by atoms with Crippen molar-refractivity contribution in [3.05, 3.63) is 60.4 Å². The van der Waals surface area contributed by atoms with E-state index in [0.29, 0.717) is 20.9 Å². The first-order valence-electron chi connectivity index (χ1n) is 6.88. The number of hydrogen-bond acceptors (Lipinski definition) is 6. The largest absolute Gasteiger partial charge is 0.491 e. The van der Waals surface area contributed by atoms with Gasteiger partial charge in [0.1, 0.15) is 15.9 Å². The molecule has 9 heteroatoms. The van der Waals surface area contributed by atoms with E-state index >= 15 is 0 Å². The first kappa shape index (κ1) is 14.9. The molecule has 7 nitrogen and oxygen atoms in total. The molecule has 0 spiro atoms. The summed E-state index contributed by atoms with van der Waals surface area (Å²) in [6, 6.07) is 4.66. The Hall–Kier alpha value is -2.71. The van der Waals surface area contributed by atoms with Crippen LogP contribution in [0.5, 0.6) is 5.88 Å². The van der Waals surface area contributed by atoms with Crippen molar-refractivity contribution < 1.29 is 5.11 Å². The summed E-state index contributed by atoms with van der Waals surface area (Å²) in [7, 11) is 0. The van der Waals surface area contributed by atoms with Gasteiger partial charge in [0.25, 0.3) is 11.4 Å². The maximum absolute atomic E-state index is 12.7. The fourth-order valence-electron chi connectivity index (χ4n) is 2.54. The Balaban J connectivity index is 2.07. The Bertz CT molecular complexity index is 1200. The second-order valence-corrected chi connectivity index (χ2v) is 6.52. The van der Waals surface area contributed by atoms with Gasteiger partial charge >= 0.3 is 0 Å². The van der Waals surface area contributed by atoms with E-state index in [1.54, 1.807) is 23.7 Å². The molecule has 4 aromatic rings. The van der Waals surface area contributed by atoms with Gasteiger partial charge < -0.3 is 10.1 Å². The standard InChI is InChI=1S/C15H9ClN4O3S/c16-7-1-2-8-9(5-7)18-12-11(13(8)21)15(23)20(19-14(12)22)6-10-17-3-4-24-10/h1-5H,6H2,(H,18,21)(H,19,22). The molecule has 2 N–H and O–H groups in total. The maximum atomic E-state index is 12.7. The van der Waals surface area contributed by atoms with Gasteiger partial charge in [-0.2, -0.15) is 0 Å². The molecule has 3 heterocycles. The van der Waals surface area contributed by atoms with Gasteiger partial charge in [-0.3, -0.25) is 9.59 Å². The van der Waals surface area contributed by atoms with E-state index < -0.39 is 16.9 Å². The highest BCUT2D eigenvalue weighted by Crippen LogP contribution is 2.21. The van der Waals surface area contributed by atoms with Crippen molar-refractivity contribution in [2.24, 2.45) is 0 Å². The van der Waals surface area contributed by atoms with Crippen molar-refractivity contribution in [2.75, 3.05) is 0 Å². The lowest BCUT2D eigenvalue weighted by Crippen LogP contribution is -2.28. The summed E-state index contributed by atoms with van der Waals surface area (Å²) >= 11 is 7.28. The van der Waals surface area contributed by atoms with Crippen LogP contribution >= 0.6 is 22.9 Å². The van der Waals surface area contributed by atoms with Gasteiger partial charge in [-0.05, 0) is 18.2 Å². The quantitative estimate of drug-likeness (QED) is 0.533. The Morgan fingerprint density at radius 2 is 2.17 bits per heavy atom. The predicted octanol–water partition coefficient (Wildman–Crippen LogP) is 2.10. The second-order valence-electron chi connectivity index (χ2n) is 5.11. The molecule has 0 aliphatic heterocycles. The third kappa shape index (κ3) is 2.27. The lowest BCUT2D eigenvalue weighted by molar-refractivity contribution is 0.431. The van der Waals surface area contributed by atoms with Crippen LogP contribution in [-0.2, 0) is 6.54 Å². The molecule has 4 rings (SSSR count). The second kappa shape index (κ2) is 5.43. The van der Waals surface area contributed by atoms with Crippen LogP contribution in [0.25, 0.3) is 21.8 Å². The van der Waals surface area contributed by atoms with Gasteiger partial charge in [0.05, 0.1) is 12.1 Å². The number of hydrogen-bond donors (Lipinski definition) is 2. The molecule has 0 bridgehead atoms. The topological polar surface area (TPSA) is 101 Å². The van der Waals surface area contributed by atoms with Crippen molar-refractivity contribution >= 4 is 44.7 Å². The monoisotopic (exact) mass is 360 g/mol. The van der Waals surface area contributed by atoms with Crippen LogP contribution in [0.2, 0.25) is 5.02 Å². The number of benzene rings is 1. The van der Waals surface area contributed by atoms with Crippen LogP contribution in [0, 0.1) is 0 Å². The van der Waals surface area contributed by atoms with Crippen LogP contribution in [0.4, 0.5) is 0 Å². The van der Waals surface area contributed by atoms with Crippen LogP contribution < -0.4 is 11.0 Å². The van der Waals surface area contributed by atoms with Crippen molar-refractivity contribution in [2.45, 2.75) is 6.54 Å². The zero-order valence-corrected chi connectivity index (χ0v) is 13.6. The van der Waals surface area contributed by atoms with Gasteiger partial charge in [-0.1, -0.05) is 11.6 Å². The number of pyridine rings is 1. The predicted molar refractivity (Wildman–Crippen MR) is 92.0 cm³/mol. The smallest absolute Gasteiger partial charge is 0.280 e. The lowest BCUT2D eigenvalue weighted by atomic mass is 10.1. The van der Waals surface area contributed by atoms with E-state index in [9.17, 15) is 14.7 Å². The Morgan fingerprint density at radius 1 is 1.33 bits per heavy atom. The normalized spacial score (nSPS) is 11.4. The van der Waals surface area contributed by atoms with Crippen molar-refractivity contribution in [3.8, 4) is 5.88 Å². The number of halogens is 1. The lowest BCUT2D eigenvalue weighted by Gasteiger charge is -2.07. The summed E-state index contributed by atoms with van der Waals surface area (Å²) in [6.45, 7) is 0.0814. The zero-order chi connectivity index (χ0) is 16.8. The third-order valence-electron chi connectivity index (χ3n) is 3.62. The minimum absolute atomic E-state index is 0.00449. The number of aromatic amines is 1. The fraction of sp³-hybridized carbons (Fsp3) is 0.0667. The number of nitrogens with zero attached hydrogens (tertiary/aromatic N) is 3. The van der Waals surface area contributed by atoms with Gasteiger partial charge in [-0.25, -0.2) is 9.67 Å². The molecule has 0 aliphatic rings. The molecule has 1 aromatic carbocycles. The first-order chi connectivity index (χ1) is 11.5. The summed E-state index contributed by atoms with van der Waals surface area (Å²) < 4.78 is 1.04. The van der Waals surface area contributed by atoms with Gasteiger partial charge in [0, 0.05) is 22.0 Å². The molecule has 0 amide bonds. The average Bonchev–Trinajstić information content (AvgIpc) is 3.05. The van der Waals surface area contributed by atoms with E-state index in [4.69, 9.17) is 11.6 Å². The van der Waals surface area contributed by atoms with Crippen LogP contribution in [0.1, 0.15) is 5.01 Å². The summed E-state index contributed by atoms with van der Waals surface area (Å²) in [6.07, 6.45) is 1.61. The van der Waals surface area contributed by atoms with E-state index in [0.717, 1.165) is 4.68 Å². The molecule has 0 fully saturated rings. The summed E-state index contributed by atoms with van der Waals surface area (Å²) in [5.41, 5.74) is -0.647. The Kier molecular flexibility index (Phi) is 3.36. The molecule has 3 aromatic heterocycles. The highest BCUT2D eigenvalue weighted by molar-refractivity contribution is 7.09. The SMILES string of the molecule is O=c1c2ccc(Cl)cc2[nH]c2c(O)nn(Cc3nccs3)c(=O)c12. The third-order valence-corrected chi connectivity index (χ3v) is 4.62. The summed E-state index contributed by atoms with van der Waals surface area (Å²) in [5, 5.41) is 17.1. The van der Waals surface area contributed by atoms with Crippen LogP contribution in [0.15, 0.2) is 39.4 Å². The van der Waals surface area contributed by atoms with Crippen LogP contribution in [-0.4, -0.2) is 24.9 Å². The molecular weight excluding hydrogens is 352 g/mol. The molecule has 24 heavy (non-hydrogen) atoms. The van der Waals surface area contributed by atoms with E-state index in [1.165, 1.54) is 17.4 Å². The minimum Gasteiger partial charge on any atom is -0.491 e. The number of fused-ring (bicyclic) bond motifs is 2. The zero-order valence-electron chi connectivity index (χ0n) is 12.0. The highest BCUT2D eigenvalue weighted by atomic mass is 35.5.